The molecule has 6 nitrogen and oxygen atoms in total. The zero-order chi connectivity index (χ0) is 20.6. The predicted molar refractivity (Wildman–Crippen MR) is 102 cm³/mol. The molecule has 9 atom stereocenters. The van der Waals surface area contributed by atoms with Crippen LogP contribution in [0.25, 0.3) is 0 Å². The lowest BCUT2D eigenvalue weighted by atomic mass is 9.47. The zero-order valence-corrected chi connectivity index (χ0v) is 16.9. The van der Waals surface area contributed by atoms with Gasteiger partial charge in [-0.15, -0.1) is 0 Å². The first-order chi connectivity index (χ1) is 13.0. The summed E-state index contributed by atoms with van der Waals surface area (Å²) in [5.41, 5.74) is -0.636. The molecule has 0 aromatic heterocycles. The zero-order valence-electron chi connectivity index (χ0n) is 16.9. The third-order valence-corrected chi connectivity index (χ3v) is 8.63. The Morgan fingerprint density at radius 1 is 1.25 bits per heavy atom. The molecule has 156 valence electrons. The van der Waals surface area contributed by atoms with Crippen LogP contribution in [0.2, 0.25) is 0 Å². The monoisotopic (exact) mass is 392 g/mol. The maximum atomic E-state index is 12.1. The van der Waals surface area contributed by atoms with E-state index < -0.39 is 41.4 Å². The molecule has 0 aromatic rings. The van der Waals surface area contributed by atoms with Gasteiger partial charge < -0.3 is 25.2 Å². The van der Waals surface area contributed by atoms with Crippen LogP contribution in [-0.2, 0) is 9.53 Å². The van der Waals surface area contributed by atoms with Crippen LogP contribution in [0, 0.1) is 22.7 Å². The molecule has 3 fully saturated rings. The first-order valence-electron chi connectivity index (χ1n) is 10.3. The molecular formula is C22H32O6. The molecule has 2 saturated carbocycles. The third kappa shape index (κ3) is 2.44. The summed E-state index contributed by atoms with van der Waals surface area (Å²) in [5, 5.41) is 41.5. The third-order valence-electron chi connectivity index (χ3n) is 8.63. The van der Waals surface area contributed by atoms with E-state index in [1.54, 1.807) is 0 Å². The van der Waals surface area contributed by atoms with Crippen molar-refractivity contribution >= 4 is 5.97 Å². The number of hydrogen-bond donors (Lipinski definition) is 4. The minimum absolute atomic E-state index is 0.000837. The summed E-state index contributed by atoms with van der Waals surface area (Å²) in [6, 6.07) is 0. The molecule has 1 heterocycles. The Labute approximate surface area is 165 Å². The normalized spacial score (nSPS) is 53.1. The highest BCUT2D eigenvalue weighted by atomic mass is 16.6. The van der Waals surface area contributed by atoms with E-state index in [1.807, 2.05) is 6.92 Å². The van der Waals surface area contributed by atoms with E-state index in [9.17, 15) is 25.2 Å². The van der Waals surface area contributed by atoms with Gasteiger partial charge in [-0.25, -0.2) is 0 Å². The highest BCUT2D eigenvalue weighted by molar-refractivity contribution is 5.75. The molecule has 4 rings (SSSR count). The van der Waals surface area contributed by atoms with Gasteiger partial charge >= 0.3 is 5.97 Å². The number of aliphatic carboxylic acids is 1. The molecule has 1 saturated heterocycles. The molecule has 0 radical (unpaired) electrons. The van der Waals surface area contributed by atoms with E-state index in [1.165, 1.54) is 5.57 Å². The van der Waals surface area contributed by atoms with Crippen LogP contribution in [0.1, 0.15) is 52.9 Å². The number of fused-ring (bicyclic) bond motifs is 2. The molecule has 3 aliphatic carbocycles. The molecule has 0 unspecified atom stereocenters. The second kappa shape index (κ2) is 6.14. The SMILES string of the molecule is C=C1[C@@H](O)[C@@H](O)[C@@]2(C[C@@H]3C(C)=CC[C@H]4[C@@]3(C)CCC[C@@]4(C)C(=O)O)O[C@H]2[C@H]1O. The van der Waals surface area contributed by atoms with Gasteiger partial charge in [-0.3, -0.25) is 4.79 Å². The van der Waals surface area contributed by atoms with Crippen molar-refractivity contribution in [3.05, 3.63) is 23.8 Å². The Bertz CT molecular complexity index is 745. The van der Waals surface area contributed by atoms with Gasteiger partial charge in [0, 0.05) is 0 Å². The smallest absolute Gasteiger partial charge is 0.309 e. The lowest BCUT2D eigenvalue weighted by Crippen LogP contribution is -2.56. The molecule has 28 heavy (non-hydrogen) atoms. The van der Waals surface area contributed by atoms with Crippen molar-refractivity contribution in [2.24, 2.45) is 22.7 Å². The summed E-state index contributed by atoms with van der Waals surface area (Å²) in [6.07, 6.45) is 1.86. The maximum absolute atomic E-state index is 12.1. The van der Waals surface area contributed by atoms with Gasteiger partial charge in [0.15, 0.2) is 0 Å². The van der Waals surface area contributed by atoms with Crippen LogP contribution < -0.4 is 0 Å². The minimum Gasteiger partial charge on any atom is -0.481 e. The highest BCUT2D eigenvalue weighted by Gasteiger charge is 2.71. The number of aliphatic hydroxyl groups is 3. The van der Waals surface area contributed by atoms with Gasteiger partial charge in [0.05, 0.1) is 5.41 Å². The summed E-state index contributed by atoms with van der Waals surface area (Å²) in [4.78, 5) is 12.1. The van der Waals surface area contributed by atoms with Crippen LogP contribution in [0.4, 0.5) is 0 Å². The summed E-state index contributed by atoms with van der Waals surface area (Å²) in [7, 11) is 0. The van der Waals surface area contributed by atoms with E-state index in [-0.39, 0.29) is 22.8 Å². The van der Waals surface area contributed by atoms with Crippen molar-refractivity contribution in [3.63, 3.8) is 0 Å². The molecule has 0 amide bonds. The average molecular weight is 392 g/mol. The van der Waals surface area contributed by atoms with Gasteiger partial charge in [0.1, 0.15) is 30.0 Å². The lowest BCUT2D eigenvalue weighted by molar-refractivity contribution is -0.163. The fourth-order valence-corrected chi connectivity index (χ4v) is 6.69. The first-order valence-corrected chi connectivity index (χ1v) is 10.3. The minimum atomic E-state index is -1.22. The molecule has 0 bridgehead atoms. The number of carboxylic acids is 1. The molecular weight excluding hydrogens is 360 g/mol. The largest absolute Gasteiger partial charge is 0.481 e. The van der Waals surface area contributed by atoms with E-state index in [4.69, 9.17) is 4.74 Å². The molecule has 6 heteroatoms. The standard InChI is InChI=1S/C22H32O6/c1-11-6-7-14-20(3,8-5-9-21(14,4)19(26)27)13(11)10-22-17(25)15(23)12(2)16(24)18(22)28-22/h6,13-18,23-25H,2,5,7-10H2,1,3-4H3,(H,26,27)/t13-,14+,15-,16+,17-,18+,20+,21-,22-/m1/s1. The van der Waals surface area contributed by atoms with Gasteiger partial charge in [-0.1, -0.05) is 31.6 Å². The lowest BCUT2D eigenvalue weighted by Gasteiger charge is -2.56. The fourth-order valence-electron chi connectivity index (χ4n) is 6.69. The Morgan fingerprint density at radius 3 is 2.57 bits per heavy atom. The van der Waals surface area contributed by atoms with Crippen molar-refractivity contribution < 1.29 is 30.0 Å². The Kier molecular flexibility index (Phi) is 4.41. The van der Waals surface area contributed by atoms with Crippen LogP contribution >= 0.6 is 0 Å². The van der Waals surface area contributed by atoms with Crippen molar-refractivity contribution in [2.75, 3.05) is 0 Å². The molecule has 4 aliphatic rings. The first kappa shape index (κ1) is 20.1. The Balaban J connectivity index is 1.68. The van der Waals surface area contributed by atoms with Crippen molar-refractivity contribution in [1.82, 2.24) is 0 Å². The van der Waals surface area contributed by atoms with E-state index >= 15 is 0 Å². The highest BCUT2D eigenvalue weighted by Crippen LogP contribution is 2.64. The van der Waals surface area contributed by atoms with Gasteiger partial charge in [0.25, 0.3) is 0 Å². The van der Waals surface area contributed by atoms with E-state index in [0.717, 1.165) is 19.3 Å². The summed E-state index contributed by atoms with van der Waals surface area (Å²) >= 11 is 0. The summed E-state index contributed by atoms with van der Waals surface area (Å²) in [6.45, 7) is 9.80. The average Bonchev–Trinajstić information content (AvgIpc) is 3.37. The maximum Gasteiger partial charge on any atom is 0.309 e. The molecule has 1 aliphatic heterocycles. The Morgan fingerprint density at radius 2 is 1.93 bits per heavy atom. The summed E-state index contributed by atoms with van der Waals surface area (Å²) in [5.74, 6) is -0.719. The number of carboxylic acid groups (broad SMARTS) is 1. The van der Waals surface area contributed by atoms with Crippen molar-refractivity contribution in [2.45, 2.75) is 82.9 Å². The number of rotatable bonds is 3. The van der Waals surface area contributed by atoms with Crippen LogP contribution in [0.5, 0.6) is 0 Å². The number of allylic oxidation sites excluding steroid dienone is 2. The predicted octanol–water partition coefficient (Wildman–Crippen LogP) is 2.03. The van der Waals surface area contributed by atoms with E-state index in [0.29, 0.717) is 12.8 Å². The fraction of sp³-hybridized carbons (Fsp3) is 0.773. The van der Waals surface area contributed by atoms with Gasteiger partial charge in [-0.05, 0) is 62.4 Å². The van der Waals surface area contributed by atoms with Crippen molar-refractivity contribution in [3.8, 4) is 0 Å². The number of epoxide rings is 1. The van der Waals surface area contributed by atoms with Crippen LogP contribution in [0.15, 0.2) is 23.8 Å². The summed E-state index contributed by atoms with van der Waals surface area (Å²) < 4.78 is 5.84. The molecule has 0 aromatic carbocycles. The number of carbonyl (C=O) groups is 1. The number of ether oxygens (including phenoxy) is 1. The number of aliphatic hydroxyl groups excluding tert-OH is 3. The van der Waals surface area contributed by atoms with Gasteiger partial charge in [0.2, 0.25) is 0 Å². The number of hydrogen-bond acceptors (Lipinski definition) is 5. The van der Waals surface area contributed by atoms with Crippen LogP contribution in [0.3, 0.4) is 0 Å². The molecule has 4 N–H and O–H groups in total. The van der Waals surface area contributed by atoms with Crippen molar-refractivity contribution in [1.29, 1.82) is 0 Å². The Hall–Kier alpha value is -1.21. The second-order valence-corrected chi connectivity index (χ2v) is 9.98. The quantitative estimate of drug-likeness (QED) is 0.432. The second-order valence-electron chi connectivity index (χ2n) is 9.98. The van der Waals surface area contributed by atoms with Crippen LogP contribution in [-0.4, -0.2) is 56.4 Å². The topological polar surface area (TPSA) is 111 Å². The van der Waals surface area contributed by atoms with E-state index in [2.05, 4.69) is 26.5 Å². The van der Waals surface area contributed by atoms with Gasteiger partial charge in [-0.2, -0.15) is 0 Å². The molecule has 0 spiro atoms.